The third kappa shape index (κ3) is 2.27. The number of nitrogens with one attached hydrogen (secondary N) is 1. The molecule has 4 rings (SSSR count). The Kier molecular flexibility index (Phi) is 3.31. The summed E-state index contributed by atoms with van der Waals surface area (Å²) in [6.45, 7) is 4.19. The van der Waals surface area contributed by atoms with Crippen LogP contribution in [-0.2, 0) is 12.8 Å². The van der Waals surface area contributed by atoms with Crippen molar-refractivity contribution < 1.29 is 0 Å². The van der Waals surface area contributed by atoms with Crippen molar-refractivity contribution in [2.24, 2.45) is 0 Å². The first-order chi connectivity index (χ1) is 10.6. The van der Waals surface area contributed by atoms with Gasteiger partial charge in [0.15, 0.2) is 0 Å². The van der Waals surface area contributed by atoms with Gasteiger partial charge in [0, 0.05) is 10.6 Å². The van der Waals surface area contributed by atoms with Crippen molar-refractivity contribution in [1.29, 1.82) is 0 Å². The van der Waals surface area contributed by atoms with E-state index in [1.165, 1.54) is 28.0 Å². The van der Waals surface area contributed by atoms with Gasteiger partial charge in [-0.3, -0.25) is 0 Å². The molecule has 2 aromatic heterocycles. The van der Waals surface area contributed by atoms with E-state index < -0.39 is 0 Å². The maximum absolute atomic E-state index is 6.13. The number of halogens is 1. The Morgan fingerprint density at radius 3 is 2.91 bits per heavy atom. The van der Waals surface area contributed by atoms with Crippen LogP contribution < -0.4 is 5.32 Å². The summed E-state index contributed by atoms with van der Waals surface area (Å²) in [6, 6.07) is 6.38. The Morgan fingerprint density at radius 1 is 1.18 bits per heavy atom. The third-order valence-electron chi connectivity index (χ3n) is 4.18. The van der Waals surface area contributed by atoms with E-state index in [1.807, 2.05) is 0 Å². The predicted octanol–water partition coefficient (Wildman–Crippen LogP) is 5.19. The highest BCUT2D eigenvalue weighted by Gasteiger charge is 2.22. The zero-order valence-electron chi connectivity index (χ0n) is 12.5. The molecule has 3 nitrogen and oxygen atoms in total. The predicted molar refractivity (Wildman–Crippen MR) is 93.6 cm³/mol. The van der Waals surface area contributed by atoms with E-state index in [9.17, 15) is 0 Å². The number of thiophene rings is 1. The van der Waals surface area contributed by atoms with Gasteiger partial charge in [-0.1, -0.05) is 12.1 Å². The Morgan fingerprint density at radius 2 is 2.05 bits per heavy atom. The molecule has 0 radical (unpaired) electrons. The van der Waals surface area contributed by atoms with E-state index in [-0.39, 0.29) is 0 Å². The fourth-order valence-electron chi connectivity index (χ4n) is 3.06. The van der Waals surface area contributed by atoms with Gasteiger partial charge in [0.05, 0.1) is 5.39 Å². The lowest BCUT2D eigenvalue weighted by atomic mass is 10.1. The number of hydrogen-bond donors (Lipinski definition) is 1. The Hall–Kier alpha value is -1.65. The first kappa shape index (κ1) is 14.0. The maximum Gasteiger partial charge on any atom is 0.225 e. The molecule has 2 heterocycles. The zero-order chi connectivity index (χ0) is 15.3. The number of hydrogen-bond acceptors (Lipinski definition) is 4. The average molecular weight is 330 g/mol. The fourth-order valence-corrected chi connectivity index (χ4v) is 4.54. The Labute approximate surface area is 138 Å². The Bertz CT molecular complexity index is 885. The molecule has 0 amide bonds. The van der Waals surface area contributed by atoms with Crippen molar-refractivity contribution in [3.8, 4) is 0 Å². The molecule has 0 aliphatic heterocycles. The van der Waals surface area contributed by atoms with Gasteiger partial charge in [-0.25, -0.2) is 4.98 Å². The first-order valence-corrected chi connectivity index (χ1v) is 8.63. The molecular weight excluding hydrogens is 314 g/mol. The normalized spacial score (nSPS) is 13.6. The van der Waals surface area contributed by atoms with E-state index in [1.54, 1.807) is 11.3 Å². The zero-order valence-corrected chi connectivity index (χ0v) is 14.1. The molecule has 0 bridgehead atoms. The second-order valence-electron chi connectivity index (χ2n) is 5.82. The molecule has 22 heavy (non-hydrogen) atoms. The average Bonchev–Trinajstić information content (AvgIpc) is 3.02. The lowest BCUT2D eigenvalue weighted by molar-refractivity contribution is 0.917. The number of benzene rings is 1. The van der Waals surface area contributed by atoms with Gasteiger partial charge in [-0.05, 0) is 67.5 Å². The number of aryl methyl sites for hydroxylation is 4. The summed E-state index contributed by atoms with van der Waals surface area (Å²) >= 11 is 7.89. The summed E-state index contributed by atoms with van der Waals surface area (Å²) in [5.74, 6) is 0.836. The SMILES string of the molecule is Cc1ccc(C)c(Nc2nc(Cl)nc3sc4c(c23)CCC4)c1. The quantitative estimate of drug-likeness (QED) is 0.657. The molecule has 5 heteroatoms. The van der Waals surface area contributed by atoms with Crippen LogP contribution in [0.4, 0.5) is 11.5 Å². The molecule has 0 saturated heterocycles. The maximum atomic E-state index is 6.13. The molecule has 0 saturated carbocycles. The van der Waals surface area contributed by atoms with Gasteiger partial charge < -0.3 is 5.32 Å². The van der Waals surface area contributed by atoms with E-state index in [0.717, 1.165) is 34.6 Å². The minimum atomic E-state index is 0.306. The lowest BCUT2D eigenvalue weighted by Crippen LogP contribution is -1.99. The van der Waals surface area contributed by atoms with Crippen molar-refractivity contribution >= 4 is 44.7 Å². The smallest absolute Gasteiger partial charge is 0.225 e. The van der Waals surface area contributed by atoms with E-state index in [0.29, 0.717) is 5.28 Å². The van der Waals surface area contributed by atoms with Gasteiger partial charge in [0.1, 0.15) is 10.6 Å². The summed E-state index contributed by atoms with van der Waals surface area (Å²) in [4.78, 5) is 11.3. The van der Waals surface area contributed by atoms with Crippen LogP contribution in [0.15, 0.2) is 18.2 Å². The van der Waals surface area contributed by atoms with E-state index in [2.05, 4.69) is 47.3 Å². The van der Waals surface area contributed by atoms with E-state index >= 15 is 0 Å². The second-order valence-corrected chi connectivity index (χ2v) is 7.24. The van der Waals surface area contributed by atoms with Gasteiger partial charge in [-0.2, -0.15) is 4.98 Å². The highest BCUT2D eigenvalue weighted by molar-refractivity contribution is 7.19. The number of nitrogens with zero attached hydrogens (tertiary/aromatic N) is 2. The highest BCUT2D eigenvalue weighted by atomic mass is 35.5. The molecule has 1 aliphatic carbocycles. The van der Waals surface area contributed by atoms with Crippen molar-refractivity contribution in [3.05, 3.63) is 45.1 Å². The molecule has 1 aromatic carbocycles. The summed E-state index contributed by atoms with van der Waals surface area (Å²) in [7, 11) is 0. The molecule has 112 valence electrons. The topological polar surface area (TPSA) is 37.8 Å². The summed E-state index contributed by atoms with van der Waals surface area (Å²) < 4.78 is 0. The monoisotopic (exact) mass is 329 g/mol. The number of fused-ring (bicyclic) bond motifs is 3. The summed E-state index contributed by atoms with van der Waals surface area (Å²) in [5.41, 5.74) is 4.90. The minimum Gasteiger partial charge on any atom is -0.339 e. The van der Waals surface area contributed by atoms with Crippen LogP contribution in [0.5, 0.6) is 0 Å². The summed E-state index contributed by atoms with van der Waals surface area (Å²) in [6.07, 6.45) is 3.49. The van der Waals surface area contributed by atoms with Crippen molar-refractivity contribution in [1.82, 2.24) is 9.97 Å². The second kappa shape index (κ2) is 5.21. The van der Waals surface area contributed by atoms with E-state index in [4.69, 9.17) is 11.6 Å². The van der Waals surface area contributed by atoms with Crippen LogP contribution in [0, 0.1) is 13.8 Å². The van der Waals surface area contributed by atoms with Crippen molar-refractivity contribution in [2.45, 2.75) is 33.1 Å². The van der Waals surface area contributed by atoms with Crippen LogP contribution in [0.3, 0.4) is 0 Å². The van der Waals surface area contributed by atoms with Gasteiger partial charge >= 0.3 is 0 Å². The lowest BCUT2D eigenvalue weighted by Gasteiger charge is -2.11. The van der Waals surface area contributed by atoms with Gasteiger partial charge in [-0.15, -0.1) is 11.3 Å². The fraction of sp³-hybridized carbons (Fsp3) is 0.294. The molecule has 0 unspecified atom stereocenters. The van der Waals surface area contributed by atoms with Crippen molar-refractivity contribution in [2.75, 3.05) is 5.32 Å². The Balaban J connectivity index is 1.89. The first-order valence-electron chi connectivity index (χ1n) is 7.44. The van der Waals surface area contributed by atoms with Gasteiger partial charge in [0.2, 0.25) is 5.28 Å². The minimum absolute atomic E-state index is 0.306. The molecule has 0 atom stereocenters. The molecule has 1 N–H and O–H groups in total. The van der Waals surface area contributed by atoms with Crippen LogP contribution in [0.2, 0.25) is 5.28 Å². The third-order valence-corrected chi connectivity index (χ3v) is 5.54. The standard InChI is InChI=1S/C17H16ClN3S/c1-9-6-7-10(2)12(8-9)19-15-14-11-4-3-5-13(11)22-16(14)21-17(18)20-15/h6-8H,3-5H2,1-2H3,(H,19,20,21). The van der Waals surface area contributed by atoms with Gasteiger partial charge in [0.25, 0.3) is 0 Å². The molecule has 0 spiro atoms. The number of rotatable bonds is 2. The number of anilines is 2. The largest absolute Gasteiger partial charge is 0.339 e. The van der Waals surface area contributed by atoms with Crippen LogP contribution in [0.25, 0.3) is 10.2 Å². The molecule has 1 aliphatic rings. The van der Waals surface area contributed by atoms with Crippen LogP contribution in [-0.4, -0.2) is 9.97 Å². The van der Waals surface area contributed by atoms with Crippen LogP contribution >= 0.6 is 22.9 Å². The molecule has 3 aromatic rings. The molecular formula is C17H16ClN3S. The summed E-state index contributed by atoms with van der Waals surface area (Å²) in [5, 5.41) is 4.94. The van der Waals surface area contributed by atoms with Crippen LogP contribution in [0.1, 0.15) is 28.0 Å². The molecule has 0 fully saturated rings. The number of aromatic nitrogens is 2. The highest BCUT2D eigenvalue weighted by Crippen LogP contribution is 2.40. The van der Waals surface area contributed by atoms with Crippen molar-refractivity contribution in [3.63, 3.8) is 0 Å².